The Morgan fingerprint density at radius 3 is 2.59 bits per heavy atom. The zero-order chi connectivity index (χ0) is 20.6. The topological polar surface area (TPSA) is 95.4 Å². The molecule has 0 amide bonds. The summed E-state index contributed by atoms with van der Waals surface area (Å²) in [5, 5.41) is 24.5. The van der Waals surface area contributed by atoms with Gasteiger partial charge in [-0.1, -0.05) is 24.3 Å². The van der Waals surface area contributed by atoms with Crippen LogP contribution in [-0.2, 0) is 9.84 Å². The zero-order valence-electron chi connectivity index (χ0n) is 16.5. The lowest BCUT2D eigenvalue weighted by Crippen LogP contribution is -2.40. The normalized spacial score (nSPS) is 18.1. The van der Waals surface area contributed by atoms with E-state index in [0.717, 1.165) is 48.8 Å². The molecule has 0 aliphatic carbocycles. The van der Waals surface area contributed by atoms with E-state index in [2.05, 4.69) is 27.5 Å². The van der Waals surface area contributed by atoms with Gasteiger partial charge in [-0.3, -0.25) is 0 Å². The molecule has 2 heterocycles. The van der Waals surface area contributed by atoms with Gasteiger partial charge in [-0.2, -0.15) is 0 Å². The van der Waals surface area contributed by atoms with Crippen molar-refractivity contribution in [1.82, 2.24) is 15.1 Å². The fraction of sp³-hybridized carbons (Fsp3) is 0.333. The molecule has 8 heteroatoms. The van der Waals surface area contributed by atoms with Crippen molar-refractivity contribution in [3.05, 3.63) is 42.5 Å². The first kappa shape index (κ1) is 19.6. The Balaban J connectivity index is 1.76. The van der Waals surface area contributed by atoms with Gasteiger partial charge in [0.25, 0.3) is 0 Å². The first-order chi connectivity index (χ1) is 13.8. The highest BCUT2D eigenvalue weighted by molar-refractivity contribution is 7.90. The lowest BCUT2D eigenvalue weighted by Gasteiger charge is -2.30. The Hall–Kier alpha value is -2.71. The second kappa shape index (κ2) is 7.61. The number of phenolic OH excluding ortho intramolecular Hbond substituents is 1. The molecule has 3 aromatic rings. The fourth-order valence-electron chi connectivity index (χ4n) is 3.83. The van der Waals surface area contributed by atoms with Crippen molar-refractivity contribution >= 4 is 26.4 Å². The van der Waals surface area contributed by atoms with Crippen LogP contribution in [0.15, 0.2) is 47.4 Å². The highest BCUT2D eigenvalue weighted by atomic mass is 32.2. The van der Waals surface area contributed by atoms with Gasteiger partial charge in [-0.15, -0.1) is 10.2 Å². The van der Waals surface area contributed by atoms with Crippen LogP contribution in [-0.4, -0.2) is 61.1 Å². The van der Waals surface area contributed by atoms with Gasteiger partial charge >= 0.3 is 0 Å². The maximum Gasteiger partial charge on any atom is 0.175 e. The summed E-state index contributed by atoms with van der Waals surface area (Å²) in [6.45, 7) is 2.05. The third kappa shape index (κ3) is 4.04. The number of nitrogens with zero attached hydrogens (tertiary/aromatic N) is 3. The molecular weight excluding hydrogens is 388 g/mol. The Kier molecular flexibility index (Phi) is 5.14. The number of rotatable bonds is 4. The van der Waals surface area contributed by atoms with Crippen molar-refractivity contribution in [1.29, 1.82) is 0 Å². The monoisotopic (exact) mass is 412 g/mol. The van der Waals surface area contributed by atoms with Gasteiger partial charge in [0.2, 0.25) is 0 Å². The summed E-state index contributed by atoms with van der Waals surface area (Å²) in [6, 6.07) is 12.4. The predicted molar refractivity (Wildman–Crippen MR) is 114 cm³/mol. The number of nitrogens with one attached hydrogen (secondary N) is 1. The Bertz CT molecular complexity index is 1160. The molecular formula is C21H24N4O3S. The second-order valence-electron chi connectivity index (χ2n) is 7.64. The molecule has 1 aliphatic heterocycles. The smallest absolute Gasteiger partial charge is 0.175 e. The molecule has 1 aromatic heterocycles. The van der Waals surface area contributed by atoms with E-state index in [1.807, 2.05) is 24.3 Å². The summed E-state index contributed by atoms with van der Waals surface area (Å²) in [7, 11) is -1.29. The van der Waals surface area contributed by atoms with E-state index in [1.165, 1.54) is 12.1 Å². The highest BCUT2D eigenvalue weighted by Crippen LogP contribution is 2.36. The van der Waals surface area contributed by atoms with E-state index >= 15 is 0 Å². The number of fused-ring (bicyclic) bond motifs is 1. The first-order valence-corrected chi connectivity index (χ1v) is 11.5. The SMILES string of the molecule is CN1CCC[C@@H](Nc2nnc(-c3ccc(S(C)(=O)=O)cc3O)c3ccccc23)C1. The summed E-state index contributed by atoms with van der Waals surface area (Å²) in [4.78, 5) is 2.36. The van der Waals surface area contributed by atoms with E-state index in [9.17, 15) is 13.5 Å². The predicted octanol–water partition coefficient (Wildman–Crippen LogP) is 2.91. The average molecular weight is 413 g/mol. The molecule has 0 unspecified atom stereocenters. The minimum absolute atomic E-state index is 0.0655. The summed E-state index contributed by atoms with van der Waals surface area (Å²) in [5.74, 6) is 0.582. The van der Waals surface area contributed by atoms with E-state index < -0.39 is 9.84 Å². The number of piperidine rings is 1. The van der Waals surface area contributed by atoms with Gasteiger partial charge in [-0.05, 0) is 44.6 Å². The van der Waals surface area contributed by atoms with Crippen LogP contribution in [0.25, 0.3) is 22.0 Å². The molecule has 1 aliphatic rings. The van der Waals surface area contributed by atoms with Crippen LogP contribution >= 0.6 is 0 Å². The average Bonchev–Trinajstić information content (AvgIpc) is 2.68. The molecule has 152 valence electrons. The molecule has 0 bridgehead atoms. The number of anilines is 1. The Morgan fingerprint density at radius 1 is 1.14 bits per heavy atom. The van der Waals surface area contributed by atoms with E-state index in [0.29, 0.717) is 17.3 Å². The molecule has 29 heavy (non-hydrogen) atoms. The summed E-state index contributed by atoms with van der Waals surface area (Å²) in [6.07, 6.45) is 3.33. The largest absolute Gasteiger partial charge is 0.507 e. The standard InChI is InChI=1S/C21H24N4O3S/c1-25-11-5-6-14(13-25)22-21-17-8-4-3-7-16(17)20(23-24-21)18-10-9-15(12-19(18)26)29(2,27)28/h3-4,7-10,12,14,26H,5-6,11,13H2,1-2H3,(H,22,24)/t14-/m1/s1. The molecule has 1 atom stereocenters. The number of aromatic nitrogens is 2. The first-order valence-electron chi connectivity index (χ1n) is 9.57. The van der Waals surface area contributed by atoms with Crippen molar-refractivity contribution in [2.24, 2.45) is 0 Å². The molecule has 4 rings (SSSR count). The van der Waals surface area contributed by atoms with Crippen LogP contribution in [0.2, 0.25) is 0 Å². The van der Waals surface area contributed by atoms with E-state index in [-0.39, 0.29) is 10.6 Å². The van der Waals surface area contributed by atoms with Gasteiger partial charge in [-0.25, -0.2) is 8.42 Å². The van der Waals surface area contributed by atoms with E-state index in [4.69, 9.17) is 0 Å². The molecule has 2 aromatic carbocycles. The number of sulfone groups is 1. The lowest BCUT2D eigenvalue weighted by atomic mass is 10.0. The lowest BCUT2D eigenvalue weighted by molar-refractivity contribution is 0.261. The quantitative estimate of drug-likeness (QED) is 0.680. The third-order valence-corrected chi connectivity index (χ3v) is 6.42. The minimum Gasteiger partial charge on any atom is -0.507 e. The van der Waals surface area contributed by atoms with Crippen molar-refractivity contribution in [3.63, 3.8) is 0 Å². The summed E-state index contributed by atoms with van der Waals surface area (Å²) in [5.41, 5.74) is 0.967. The number of hydrogen-bond acceptors (Lipinski definition) is 7. The number of likely N-dealkylation sites (tertiary alicyclic amines) is 1. The maximum atomic E-state index is 11.8. The minimum atomic E-state index is -3.40. The van der Waals surface area contributed by atoms with Crippen LogP contribution in [0.5, 0.6) is 5.75 Å². The number of likely N-dealkylation sites (N-methyl/N-ethyl adjacent to an activating group) is 1. The van der Waals surface area contributed by atoms with Gasteiger partial charge in [0.1, 0.15) is 11.4 Å². The van der Waals surface area contributed by atoms with Crippen molar-refractivity contribution < 1.29 is 13.5 Å². The summed E-state index contributed by atoms with van der Waals surface area (Å²) >= 11 is 0. The molecule has 0 saturated carbocycles. The highest BCUT2D eigenvalue weighted by Gasteiger charge is 2.20. The van der Waals surface area contributed by atoms with Crippen molar-refractivity contribution in [3.8, 4) is 17.0 Å². The molecule has 0 radical (unpaired) electrons. The van der Waals surface area contributed by atoms with Crippen LogP contribution in [0.3, 0.4) is 0 Å². The number of hydrogen-bond donors (Lipinski definition) is 2. The Morgan fingerprint density at radius 2 is 1.90 bits per heavy atom. The second-order valence-corrected chi connectivity index (χ2v) is 9.66. The molecule has 7 nitrogen and oxygen atoms in total. The van der Waals surface area contributed by atoms with E-state index in [1.54, 1.807) is 6.07 Å². The number of benzene rings is 2. The maximum absolute atomic E-state index is 11.8. The molecule has 1 saturated heterocycles. The van der Waals surface area contributed by atoms with Crippen LogP contribution in [0, 0.1) is 0 Å². The summed E-state index contributed by atoms with van der Waals surface area (Å²) < 4.78 is 23.5. The number of aromatic hydroxyl groups is 1. The van der Waals surface area contributed by atoms with Gasteiger partial charge in [0.15, 0.2) is 15.7 Å². The fourth-order valence-corrected chi connectivity index (χ4v) is 4.47. The van der Waals surface area contributed by atoms with Crippen molar-refractivity contribution in [2.45, 2.75) is 23.8 Å². The zero-order valence-corrected chi connectivity index (χ0v) is 17.3. The number of phenols is 1. The third-order valence-electron chi connectivity index (χ3n) is 5.31. The van der Waals surface area contributed by atoms with Crippen LogP contribution < -0.4 is 5.32 Å². The molecule has 2 N–H and O–H groups in total. The molecule has 0 spiro atoms. The van der Waals surface area contributed by atoms with Gasteiger partial charge in [0.05, 0.1) is 4.90 Å². The Labute approximate surface area is 170 Å². The van der Waals surface area contributed by atoms with Crippen LogP contribution in [0.1, 0.15) is 12.8 Å². The van der Waals surface area contributed by atoms with Gasteiger partial charge in [0, 0.05) is 35.2 Å². The van der Waals surface area contributed by atoms with Crippen molar-refractivity contribution in [2.75, 3.05) is 31.7 Å². The molecule has 1 fully saturated rings. The van der Waals surface area contributed by atoms with Gasteiger partial charge < -0.3 is 15.3 Å². The van der Waals surface area contributed by atoms with Crippen LogP contribution in [0.4, 0.5) is 5.82 Å².